The number of aromatic nitrogens is 1. The highest BCUT2D eigenvalue weighted by Gasteiger charge is 2.36. The zero-order valence-electron chi connectivity index (χ0n) is 12.6. The second-order valence-corrected chi connectivity index (χ2v) is 5.48. The number of carbonyl (C=O) groups is 1. The van der Waals surface area contributed by atoms with Gasteiger partial charge in [0.05, 0.1) is 19.3 Å². The summed E-state index contributed by atoms with van der Waals surface area (Å²) in [6.45, 7) is 0.193. The molecule has 23 heavy (non-hydrogen) atoms. The van der Waals surface area contributed by atoms with Gasteiger partial charge in [-0.3, -0.25) is 4.79 Å². The molecule has 0 radical (unpaired) electrons. The van der Waals surface area contributed by atoms with Gasteiger partial charge in [0.25, 0.3) is 5.91 Å². The van der Waals surface area contributed by atoms with Crippen molar-refractivity contribution < 1.29 is 19.0 Å². The maximum absolute atomic E-state index is 13.5. The number of aliphatic hydroxyl groups excluding tert-OH is 1. The van der Waals surface area contributed by atoms with Crippen LogP contribution < -0.4 is 4.74 Å². The first kappa shape index (κ1) is 15.4. The number of hydrogen-bond donors (Lipinski definition) is 1. The molecule has 1 aromatic carbocycles. The number of nitrogens with zero attached hydrogens (tertiary/aromatic N) is 2. The van der Waals surface area contributed by atoms with Crippen LogP contribution >= 0.6 is 0 Å². The van der Waals surface area contributed by atoms with Crippen LogP contribution in [0.4, 0.5) is 4.39 Å². The van der Waals surface area contributed by atoms with E-state index in [1.165, 1.54) is 19.2 Å². The van der Waals surface area contributed by atoms with Crippen LogP contribution in [0.15, 0.2) is 42.6 Å². The van der Waals surface area contributed by atoms with Crippen LogP contribution in [0.25, 0.3) is 0 Å². The van der Waals surface area contributed by atoms with E-state index in [0.29, 0.717) is 17.5 Å². The first-order valence-corrected chi connectivity index (χ1v) is 7.33. The van der Waals surface area contributed by atoms with Crippen LogP contribution in [0.5, 0.6) is 5.88 Å². The van der Waals surface area contributed by atoms with Crippen LogP contribution in [0, 0.1) is 5.82 Å². The molecule has 2 atom stereocenters. The molecule has 1 N–H and O–H groups in total. The molecule has 2 heterocycles. The van der Waals surface area contributed by atoms with Crippen LogP contribution in [-0.2, 0) is 0 Å². The Labute approximate surface area is 133 Å². The summed E-state index contributed by atoms with van der Waals surface area (Å²) in [5.74, 6) is -0.423. The number of pyridine rings is 1. The van der Waals surface area contributed by atoms with Gasteiger partial charge >= 0.3 is 0 Å². The van der Waals surface area contributed by atoms with Gasteiger partial charge < -0.3 is 14.7 Å². The average molecular weight is 316 g/mol. The minimum absolute atomic E-state index is 0.193. The minimum atomic E-state index is -0.644. The van der Waals surface area contributed by atoms with E-state index in [1.807, 2.05) is 0 Å². The van der Waals surface area contributed by atoms with Crippen molar-refractivity contribution in [3.05, 3.63) is 59.5 Å². The van der Waals surface area contributed by atoms with Crippen molar-refractivity contribution >= 4 is 5.91 Å². The molecule has 6 heteroatoms. The van der Waals surface area contributed by atoms with E-state index in [-0.39, 0.29) is 30.2 Å². The monoisotopic (exact) mass is 316 g/mol. The molecule has 1 saturated heterocycles. The largest absolute Gasteiger partial charge is 0.480 e. The molecule has 5 nitrogen and oxygen atoms in total. The number of benzene rings is 1. The maximum atomic E-state index is 13.5. The molecule has 0 spiro atoms. The third-order valence-corrected chi connectivity index (χ3v) is 3.97. The Morgan fingerprint density at radius 1 is 1.39 bits per heavy atom. The summed E-state index contributed by atoms with van der Waals surface area (Å²) in [5, 5.41) is 9.99. The molecule has 120 valence electrons. The number of amides is 1. The fraction of sp³-hybridized carbons (Fsp3) is 0.294. The van der Waals surface area contributed by atoms with Crippen molar-refractivity contribution in [2.24, 2.45) is 0 Å². The lowest BCUT2D eigenvalue weighted by molar-refractivity contribution is 0.0711. The first-order valence-electron chi connectivity index (χ1n) is 7.33. The van der Waals surface area contributed by atoms with Gasteiger partial charge in [-0.15, -0.1) is 0 Å². The Balaban J connectivity index is 1.95. The molecular formula is C17H17FN2O3. The van der Waals surface area contributed by atoms with Crippen molar-refractivity contribution in [3.63, 3.8) is 0 Å². The Morgan fingerprint density at radius 2 is 2.22 bits per heavy atom. The summed E-state index contributed by atoms with van der Waals surface area (Å²) in [7, 11) is 1.45. The van der Waals surface area contributed by atoms with Gasteiger partial charge in [-0.1, -0.05) is 12.1 Å². The molecule has 1 aliphatic rings. The van der Waals surface area contributed by atoms with Crippen molar-refractivity contribution in [2.45, 2.75) is 18.6 Å². The van der Waals surface area contributed by atoms with E-state index < -0.39 is 6.10 Å². The number of aliphatic hydroxyl groups is 1. The number of ether oxygens (including phenoxy) is 1. The summed E-state index contributed by atoms with van der Waals surface area (Å²) in [4.78, 5) is 18.4. The van der Waals surface area contributed by atoms with Crippen LogP contribution in [0.1, 0.15) is 28.4 Å². The van der Waals surface area contributed by atoms with Crippen molar-refractivity contribution in [3.8, 4) is 5.88 Å². The third-order valence-electron chi connectivity index (χ3n) is 3.97. The summed E-state index contributed by atoms with van der Waals surface area (Å²) < 4.78 is 18.6. The number of rotatable bonds is 3. The lowest BCUT2D eigenvalue weighted by Crippen LogP contribution is -2.32. The highest BCUT2D eigenvalue weighted by atomic mass is 19.1. The summed E-state index contributed by atoms with van der Waals surface area (Å²) in [6.07, 6.45) is 1.27. The van der Waals surface area contributed by atoms with Gasteiger partial charge in [-0.25, -0.2) is 9.37 Å². The number of likely N-dealkylation sites (tertiary alicyclic amines) is 1. The topological polar surface area (TPSA) is 62.7 Å². The van der Waals surface area contributed by atoms with E-state index in [1.54, 1.807) is 35.4 Å². The Morgan fingerprint density at radius 3 is 2.96 bits per heavy atom. The van der Waals surface area contributed by atoms with E-state index in [0.717, 1.165) is 0 Å². The number of hydrogen-bond acceptors (Lipinski definition) is 4. The number of methoxy groups -OCH3 is 1. The SMILES string of the molecule is COc1ncccc1C(=O)N1C[C@H](O)C[C@H]1c1cccc(F)c1. The second-order valence-electron chi connectivity index (χ2n) is 5.48. The molecule has 0 bridgehead atoms. The van der Waals surface area contributed by atoms with Crippen molar-refractivity contribution in [1.82, 2.24) is 9.88 Å². The molecule has 0 unspecified atom stereocenters. The second kappa shape index (κ2) is 6.34. The highest BCUT2D eigenvalue weighted by molar-refractivity contribution is 5.96. The zero-order valence-corrected chi connectivity index (χ0v) is 12.6. The predicted octanol–water partition coefficient (Wildman–Crippen LogP) is 2.18. The van der Waals surface area contributed by atoms with E-state index in [2.05, 4.69) is 4.98 Å². The standard InChI is InChI=1S/C17H17FN2O3/c1-23-16-14(6-3-7-19-16)17(22)20-10-13(21)9-15(20)11-4-2-5-12(18)8-11/h2-8,13,15,21H,9-10H2,1H3/t13-,15+/m1/s1. The number of β-amino-alcohol motifs (C(OH)–C–C–N with tert-alkyl or cyclic N) is 1. The first-order chi connectivity index (χ1) is 11.1. The van der Waals surface area contributed by atoms with Crippen molar-refractivity contribution in [2.75, 3.05) is 13.7 Å². The summed E-state index contributed by atoms with van der Waals surface area (Å²) in [6, 6.07) is 9.00. The molecule has 1 aromatic heterocycles. The average Bonchev–Trinajstić information content (AvgIpc) is 2.96. The van der Waals surface area contributed by atoms with Gasteiger partial charge in [0.1, 0.15) is 11.4 Å². The van der Waals surface area contributed by atoms with E-state index >= 15 is 0 Å². The van der Waals surface area contributed by atoms with Gasteiger partial charge in [0, 0.05) is 12.7 Å². The Kier molecular flexibility index (Phi) is 4.25. The van der Waals surface area contributed by atoms with Crippen LogP contribution in [-0.4, -0.2) is 40.7 Å². The highest BCUT2D eigenvalue weighted by Crippen LogP contribution is 2.34. The van der Waals surface area contributed by atoms with Gasteiger partial charge in [-0.2, -0.15) is 0 Å². The van der Waals surface area contributed by atoms with Gasteiger partial charge in [0.2, 0.25) is 5.88 Å². The van der Waals surface area contributed by atoms with Gasteiger partial charge in [0.15, 0.2) is 0 Å². The minimum Gasteiger partial charge on any atom is -0.480 e. The molecule has 1 fully saturated rings. The molecular weight excluding hydrogens is 299 g/mol. The summed E-state index contributed by atoms with van der Waals surface area (Å²) in [5.41, 5.74) is 0.989. The summed E-state index contributed by atoms with van der Waals surface area (Å²) >= 11 is 0. The third kappa shape index (κ3) is 3.03. The molecule has 3 rings (SSSR count). The lowest BCUT2D eigenvalue weighted by Gasteiger charge is -2.25. The van der Waals surface area contributed by atoms with Crippen LogP contribution in [0.3, 0.4) is 0 Å². The van der Waals surface area contributed by atoms with E-state index in [9.17, 15) is 14.3 Å². The molecule has 1 aliphatic heterocycles. The quantitative estimate of drug-likeness (QED) is 0.943. The molecule has 0 aliphatic carbocycles. The van der Waals surface area contributed by atoms with Crippen molar-refractivity contribution in [1.29, 1.82) is 0 Å². The van der Waals surface area contributed by atoms with Crippen LogP contribution in [0.2, 0.25) is 0 Å². The maximum Gasteiger partial charge on any atom is 0.259 e. The Hall–Kier alpha value is -2.47. The predicted molar refractivity (Wildman–Crippen MR) is 81.6 cm³/mol. The number of carbonyl (C=O) groups excluding carboxylic acids is 1. The molecule has 1 amide bonds. The van der Waals surface area contributed by atoms with Gasteiger partial charge in [-0.05, 0) is 36.2 Å². The molecule has 2 aromatic rings. The Bertz CT molecular complexity index is 722. The fourth-order valence-electron chi connectivity index (χ4n) is 2.94. The fourth-order valence-corrected chi connectivity index (χ4v) is 2.94. The normalized spacial score (nSPS) is 20.6. The van der Waals surface area contributed by atoms with E-state index in [4.69, 9.17) is 4.74 Å². The number of halogens is 1. The zero-order chi connectivity index (χ0) is 16.4. The molecule has 0 saturated carbocycles. The smallest absolute Gasteiger partial charge is 0.259 e. The lowest BCUT2D eigenvalue weighted by atomic mass is 10.0.